The summed E-state index contributed by atoms with van der Waals surface area (Å²) < 4.78 is 1.88. The Hall–Kier alpha value is -2.35. The standard InChI is InChI=1S/C16H18N4O/c1-11-18-13-5-3-4-6-14(13)20(11)9-15(21)19-16(2,10-17)12-7-8-12/h3-6,12H,7-9H2,1-2H3,(H,19,21)/t16-/m1/s1. The van der Waals surface area contributed by atoms with E-state index in [4.69, 9.17) is 0 Å². The highest BCUT2D eigenvalue weighted by molar-refractivity contribution is 5.81. The molecule has 0 spiro atoms. The van der Waals surface area contributed by atoms with Gasteiger partial charge in [-0.25, -0.2) is 4.98 Å². The fourth-order valence-electron chi connectivity index (χ4n) is 2.75. The van der Waals surface area contributed by atoms with Crippen molar-refractivity contribution in [3.05, 3.63) is 30.1 Å². The van der Waals surface area contributed by atoms with E-state index in [1.54, 1.807) is 6.92 Å². The smallest absolute Gasteiger partial charge is 0.241 e. The van der Waals surface area contributed by atoms with E-state index in [1.165, 1.54) is 0 Å². The minimum Gasteiger partial charge on any atom is -0.336 e. The molecule has 1 heterocycles. The van der Waals surface area contributed by atoms with Crippen LogP contribution in [0.4, 0.5) is 0 Å². The van der Waals surface area contributed by atoms with E-state index in [0.29, 0.717) is 0 Å². The van der Waals surface area contributed by atoms with Crippen LogP contribution >= 0.6 is 0 Å². The molecule has 1 saturated carbocycles. The summed E-state index contributed by atoms with van der Waals surface area (Å²) in [6, 6.07) is 9.99. The first-order valence-electron chi connectivity index (χ1n) is 7.17. The maximum Gasteiger partial charge on any atom is 0.241 e. The van der Waals surface area contributed by atoms with Gasteiger partial charge in [-0.3, -0.25) is 4.79 Å². The van der Waals surface area contributed by atoms with Crippen molar-refractivity contribution >= 4 is 16.9 Å². The monoisotopic (exact) mass is 282 g/mol. The molecular weight excluding hydrogens is 264 g/mol. The zero-order valence-electron chi connectivity index (χ0n) is 12.3. The summed E-state index contributed by atoms with van der Waals surface area (Å²) in [5.41, 5.74) is 1.07. The zero-order chi connectivity index (χ0) is 15.0. The van der Waals surface area contributed by atoms with Crippen LogP contribution in [-0.4, -0.2) is 21.0 Å². The molecule has 0 unspecified atom stereocenters. The third-order valence-corrected chi connectivity index (χ3v) is 4.17. The normalized spacial score (nSPS) is 17.2. The predicted molar refractivity (Wildman–Crippen MR) is 79.4 cm³/mol. The Labute approximate surface area is 123 Å². The number of nitriles is 1. The highest BCUT2D eigenvalue weighted by Gasteiger charge is 2.43. The highest BCUT2D eigenvalue weighted by atomic mass is 16.2. The Morgan fingerprint density at radius 2 is 2.24 bits per heavy atom. The van der Waals surface area contributed by atoms with Crippen LogP contribution in [0.5, 0.6) is 0 Å². The largest absolute Gasteiger partial charge is 0.336 e. The third-order valence-electron chi connectivity index (χ3n) is 4.17. The van der Waals surface area contributed by atoms with Gasteiger partial charge >= 0.3 is 0 Å². The molecule has 5 nitrogen and oxygen atoms in total. The Kier molecular flexibility index (Phi) is 3.17. The van der Waals surface area contributed by atoms with Gasteiger partial charge in [-0.15, -0.1) is 0 Å². The van der Waals surface area contributed by atoms with Crippen molar-refractivity contribution in [2.45, 2.75) is 38.8 Å². The van der Waals surface area contributed by atoms with Gasteiger partial charge in [-0.05, 0) is 44.7 Å². The number of fused-ring (bicyclic) bond motifs is 1. The number of rotatable bonds is 4. The van der Waals surface area contributed by atoms with Gasteiger partial charge in [0.1, 0.15) is 17.9 Å². The van der Waals surface area contributed by atoms with Gasteiger partial charge in [0, 0.05) is 0 Å². The number of nitrogens with zero attached hydrogens (tertiary/aromatic N) is 3. The molecule has 1 fully saturated rings. The van der Waals surface area contributed by atoms with Gasteiger partial charge in [0.15, 0.2) is 0 Å². The number of carbonyl (C=O) groups is 1. The molecule has 1 aliphatic rings. The van der Waals surface area contributed by atoms with Crippen LogP contribution in [0.2, 0.25) is 0 Å². The summed E-state index contributed by atoms with van der Waals surface area (Å²) in [7, 11) is 0. The van der Waals surface area contributed by atoms with Gasteiger partial charge in [-0.2, -0.15) is 5.26 Å². The molecule has 1 amide bonds. The van der Waals surface area contributed by atoms with Crippen molar-refractivity contribution in [3.63, 3.8) is 0 Å². The highest BCUT2D eigenvalue weighted by Crippen LogP contribution is 2.39. The lowest BCUT2D eigenvalue weighted by molar-refractivity contribution is -0.123. The molecule has 0 saturated heterocycles. The molecule has 3 rings (SSSR count). The van der Waals surface area contributed by atoms with Gasteiger partial charge in [0.2, 0.25) is 5.91 Å². The number of hydrogen-bond acceptors (Lipinski definition) is 3. The van der Waals surface area contributed by atoms with Gasteiger partial charge in [-0.1, -0.05) is 12.1 Å². The topological polar surface area (TPSA) is 70.7 Å². The second-order valence-electron chi connectivity index (χ2n) is 5.87. The SMILES string of the molecule is Cc1nc2ccccc2n1CC(=O)N[C@](C)(C#N)C1CC1. The summed E-state index contributed by atoms with van der Waals surface area (Å²) in [6.07, 6.45) is 2.02. The Bertz CT molecular complexity index is 738. The van der Waals surface area contributed by atoms with Crippen molar-refractivity contribution in [2.24, 2.45) is 5.92 Å². The second-order valence-corrected chi connectivity index (χ2v) is 5.87. The first-order chi connectivity index (χ1) is 10.0. The predicted octanol–water partition coefficient (Wildman–Crippen LogP) is 2.15. The molecule has 1 aromatic carbocycles. The summed E-state index contributed by atoms with van der Waals surface area (Å²) >= 11 is 0. The van der Waals surface area contributed by atoms with Crippen LogP contribution in [0.1, 0.15) is 25.6 Å². The fraction of sp³-hybridized carbons (Fsp3) is 0.438. The minimum absolute atomic E-state index is 0.141. The molecule has 2 aromatic rings. The lowest BCUT2D eigenvalue weighted by Gasteiger charge is -2.23. The van der Waals surface area contributed by atoms with Crippen LogP contribution < -0.4 is 5.32 Å². The molecule has 1 N–H and O–H groups in total. The lowest BCUT2D eigenvalue weighted by Crippen LogP contribution is -2.47. The van der Waals surface area contributed by atoms with Crippen LogP contribution in [0, 0.1) is 24.2 Å². The van der Waals surface area contributed by atoms with Crippen molar-refractivity contribution < 1.29 is 4.79 Å². The number of hydrogen-bond donors (Lipinski definition) is 1. The van der Waals surface area contributed by atoms with Gasteiger partial charge < -0.3 is 9.88 Å². The van der Waals surface area contributed by atoms with Crippen LogP contribution in [0.25, 0.3) is 11.0 Å². The van der Waals surface area contributed by atoms with Crippen molar-refractivity contribution in [3.8, 4) is 6.07 Å². The molecular formula is C16H18N4O. The van der Waals surface area contributed by atoms with Crippen LogP contribution in [-0.2, 0) is 11.3 Å². The Balaban J connectivity index is 1.81. The first kappa shape index (κ1) is 13.6. The number of amides is 1. The Morgan fingerprint density at radius 1 is 1.52 bits per heavy atom. The number of benzene rings is 1. The van der Waals surface area contributed by atoms with Crippen molar-refractivity contribution in [2.75, 3.05) is 0 Å². The molecule has 0 aliphatic heterocycles. The number of aromatic nitrogens is 2. The lowest BCUT2D eigenvalue weighted by atomic mass is 9.98. The molecule has 1 aromatic heterocycles. The van der Waals surface area contributed by atoms with Gasteiger partial charge in [0.05, 0.1) is 17.1 Å². The van der Waals surface area contributed by atoms with E-state index in [-0.39, 0.29) is 18.4 Å². The van der Waals surface area contributed by atoms with Gasteiger partial charge in [0.25, 0.3) is 0 Å². The number of aryl methyl sites for hydroxylation is 1. The Morgan fingerprint density at radius 3 is 2.90 bits per heavy atom. The molecule has 0 radical (unpaired) electrons. The summed E-state index contributed by atoms with van der Waals surface area (Å²) in [4.78, 5) is 16.8. The molecule has 108 valence electrons. The minimum atomic E-state index is -0.749. The zero-order valence-corrected chi connectivity index (χ0v) is 12.3. The van der Waals surface area contributed by atoms with E-state index in [1.807, 2.05) is 35.8 Å². The number of nitrogens with one attached hydrogen (secondary N) is 1. The summed E-state index contributed by atoms with van der Waals surface area (Å²) in [6.45, 7) is 3.88. The maximum absolute atomic E-state index is 12.3. The van der Waals surface area contributed by atoms with E-state index >= 15 is 0 Å². The number of carbonyl (C=O) groups excluding carboxylic acids is 1. The average Bonchev–Trinajstić information content (AvgIpc) is 3.26. The molecule has 5 heteroatoms. The van der Waals surface area contributed by atoms with Crippen LogP contribution in [0.3, 0.4) is 0 Å². The fourth-order valence-corrected chi connectivity index (χ4v) is 2.75. The summed E-state index contributed by atoms with van der Waals surface area (Å²) in [5, 5.41) is 12.2. The molecule has 0 bridgehead atoms. The molecule has 1 atom stereocenters. The van der Waals surface area contributed by atoms with Crippen molar-refractivity contribution in [1.29, 1.82) is 5.26 Å². The molecule has 1 aliphatic carbocycles. The van der Waals surface area contributed by atoms with E-state index in [0.717, 1.165) is 29.7 Å². The second kappa shape index (κ2) is 4.88. The first-order valence-corrected chi connectivity index (χ1v) is 7.17. The molecule has 21 heavy (non-hydrogen) atoms. The number of para-hydroxylation sites is 2. The van der Waals surface area contributed by atoms with Crippen LogP contribution in [0.15, 0.2) is 24.3 Å². The third kappa shape index (κ3) is 2.49. The van der Waals surface area contributed by atoms with E-state index in [2.05, 4.69) is 16.4 Å². The van der Waals surface area contributed by atoms with Crippen molar-refractivity contribution in [1.82, 2.24) is 14.9 Å². The van der Waals surface area contributed by atoms with E-state index < -0.39 is 5.54 Å². The average molecular weight is 282 g/mol. The maximum atomic E-state index is 12.3. The number of imidazole rings is 1. The summed E-state index contributed by atoms with van der Waals surface area (Å²) in [5.74, 6) is 0.945. The quantitative estimate of drug-likeness (QED) is 0.934. The van der Waals surface area contributed by atoms with E-state index in [9.17, 15) is 10.1 Å².